The molecule has 2 aliphatic rings. The Hall–Kier alpha value is -3.65. The number of urea groups is 1. The molecule has 3 amide bonds. The monoisotopic (exact) mass is 431 g/mol. The van der Waals surface area contributed by atoms with Gasteiger partial charge in [0, 0.05) is 0 Å². The largest absolute Gasteiger partial charge is 0.506 e. The van der Waals surface area contributed by atoms with Gasteiger partial charge in [0.1, 0.15) is 17.3 Å². The molecule has 154 valence electrons. The summed E-state index contributed by atoms with van der Waals surface area (Å²) in [6.45, 7) is 3.90. The van der Waals surface area contributed by atoms with Gasteiger partial charge in [0.2, 0.25) is 5.82 Å². The molecule has 8 heteroatoms. The Morgan fingerprint density at radius 2 is 2.06 bits per heavy atom. The summed E-state index contributed by atoms with van der Waals surface area (Å²) >= 11 is 1.51. The van der Waals surface area contributed by atoms with E-state index >= 15 is 0 Å². The lowest BCUT2D eigenvalue weighted by molar-refractivity contribution is -0.449. The van der Waals surface area contributed by atoms with Gasteiger partial charge in [-0.25, -0.2) is 4.79 Å². The minimum atomic E-state index is -0.553. The van der Waals surface area contributed by atoms with E-state index in [1.165, 1.54) is 16.2 Å². The molecule has 1 atom stereocenters. The first-order valence-electron chi connectivity index (χ1n) is 9.84. The summed E-state index contributed by atoms with van der Waals surface area (Å²) in [5, 5.41) is 5.97. The van der Waals surface area contributed by atoms with Gasteiger partial charge in [-0.3, -0.25) is 0 Å². The normalized spacial score (nSPS) is 18.1. The average Bonchev–Trinajstić information content (AvgIpc) is 3.45. The highest BCUT2D eigenvalue weighted by Gasteiger charge is 2.48. The Balaban J connectivity index is 1.57. The predicted octanol–water partition coefficient (Wildman–Crippen LogP) is 4.28. The van der Waals surface area contributed by atoms with E-state index in [0.717, 1.165) is 16.0 Å². The Kier molecular flexibility index (Phi) is 4.71. The predicted molar refractivity (Wildman–Crippen MR) is 117 cm³/mol. The first kappa shape index (κ1) is 19.3. The molecule has 0 N–H and O–H groups in total. The van der Waals surface area contributed by atoms with Crippen LogP contribution < -0.4 is 4.90 Å². The maximum atomic E-state index is 13.6. The Bertz CT molecular complexity index is 1280. The van der Waals surface area contributed by atoms with E-state index in [0.29, 0.717) is 23.1 Å². The van der Waals surface area contributed by atoms with Crippen molar-refractivity contribution in [1.82, 2.24) is 10.1 Å². The maximum Gasteiger partial charge on any atom is 0.506 e. The summed E-state index contributed by atoms with van der Waals surface area (Å²) in [6.07, 6.45) is 7.23. The molecule has 2 aromatic heterocycles. The first-order valence-corrected chi connectivity index (χ1v) is 10.7. The number of thiophene rings is 1. The number of nitrogens with zero attached hydrogens (tertiary/aromatic N) is 4. The highest BCUT2D eigenvalue weighted by atomic mass is 32.1. The first-order chi connectivity index (χ1) is 15.0. The minimum absolute atomic E-state index is 0.0792. The van der Waals surface area contributed by atoms with Gasteiger partial charge in [-0.2, -0.15) is 14.4 Å². The van der Waals surface area contributed by atoms with Gasteiger partial charge in [-0.1, -0.05) is 41.6 Å². The molecule has 0 spiro atoms. The Labute approximate surface area is 182 Å². The van der Waals surface area contributed by atoms with Crippen molar-refractivity contribution >= 4 is 34.7 Å². The molecule has 0 saturated heterocycles. The van der Waals surface area contributed by atoms with Crippen LogP contribution in [0.5, 0.6) is 0 Å². The molecule has 5 rings (SSSR count). The number of aromatic nitrogens is 2. The SMILES string of the molecule is Cc1ccc(C)c(N2C(=O)C3C=CC=CC3=[N+](Cc3nc(-c4cccs4)no3)C2=O)c1. The van der Waals surface area contributed by atoms with Crippen molar-refractivity contribution in [3.05, 3.63) is 77.0 Å². The molecule has 0 fully saturated rings. The fourth-order valence-electron chi connectivity index (χ4n) is 3.76. The van der Waals surface area contributed by atoms with Crippen molar-refractivity contribution in [1.29, 1.82) is 0 Å². The molecule has 0 radical (unpaired) electrons. The van der Waals surface area contributed by atoms with Crippen LogP contribution in [0.3, 0.4) is 0 Å². The summed E-state index contributed by atoms with van der Waals surface area (Å²) in [6, 6.07) is 9.12. The van der Waals surface area contributed by atoms with E-state index in [2.05, 4.69) is 10.1 Å². The smallest absolute Gasteiger partial charge is 0.335 e. The lowest BCUT2D eigenvalue weighted by Crippen LogP contribution is -2.54. The van der Waals surface area contributed by atoms with Gasteiger partial charge in [-0.05, 0) is 48.6 Å². The van der Waals surface area contributed by atoms with Crippen LogP contribution in [-0.2, 0) is 11.3 Å². The van der Waals surface area contributed by atoms with Crippen molar-refractivity contribution in [3.63, 3.8) is 0 Å². The molecule has 3 aromatic rings. The number of hydrogen-bond acceptors (Lipinski definition) is 6. The van der Waals surface area contributed by atoms with Crippen LogP contribution >= 0.6 is 11.3 Å². The van der Waals surface area contributed by atoms with Gasteiger partial charge < -0.3 is 4.52 Å². The van der Waals surface area contributed by atoms with E-state index < -0.39 is 11.9 Å². The zero-order chi connectivity index (χ0) is 21.5. The lowest BCUT2D eigenvalue weighted by atomic mass is 9.94. The summed E-state index contributed by atoms with van der Waals surface area (Å²) in [4.78, 5) is 33.5. The highest BCUT2D eigenvalue weighted by Crippen LogP contribution is 2.29. The average molecular weight is 431 g/mol. The number of carbonyl (C=O) groups excluding carboxylic acids is 2. The number of fused-ring (bicyclic) bond motifs is 1. The quantitative estimate of drug-likeness (QED) is 0.576. The molecule has 0 bridgehead atoms. The van der Waals surface area contributed by atoms with E-state index in [9.17, 15) is 9.59 Å². The number of rotatable bonds is 4. The van der Waals surface area contributed by atoms with Crippen LogP contribution in [0, 0.1) is 19.8 Å². The number of aryl methyl sites for hydroxylation is 2. The van der Waals surface area contributed by atoms with Gasteiger partial charge >= 0.3 is 11.9 Å². The van der Waals surface area contributed by atoms with Gasteiger partial charge in [0.25, 0.3) is 5.89 Å². The third kappa shape index (κ3) is 3.34. The number of imide groups is 1. The third-order valence-corrected chi connectivity index (χ3v) is 6.19. The maximum absolute atomic E-state index is 13.6. The number of hydrogen-bond donors (Lipinski definition) is 0. The molecule has 7 nitrogen and oxygen atoms in total. The van der Waals surface area contributed by atoms with Crippen LogP contribution in [-0.4, -0.2) is 32.4 Å². The Morgan fingerprint density at radius 3 is 2.87 bits per heavy atom. The lowest BCUT2D eigenvalue weighted by Gasteiger charge is -2.26. The molecule has 31 heavy (non-hydrogen) atoms. The highest BCUT2D eigenvalue weighted by molar-refractivity contribution is 7.13. The second-order valence-corrected chi connectivity index (χ2v) is 8.42. The van der Waals surface area contributed by atoms with Crippen LogP contribution in [0.25, 0.3) is 10.7 Å². The summed E-state index contributed by atoms with van der Waals surface area (Å²) < 4.78 is 6.96. The fourth-order valence-corrected chi connectivity index (χ4v) is 4.41. The van der Waals surface area contributed by atoms with Crippen molar-refractivity contribution < 1.29 is 18.7 Å². The van der Waals surface area contributed by atoms with Gasteiger partial charge in [-0.15, -0.1) is 16.2 Å². The second kappa shape index (κ2) is 7.55. The molecular formula is C23H19N4O3S+. The fraction of sp³-hybridized carbons (Fsp3) is 0.174. The second-order valence-electron chi connectivity index (χ2n) is 7.47. The van der Waals surface area contributed by atoms with Crippen LogP contribution in [0.4, 0.5) is 10.5 Å². The molecule has 3 heterocycles. The van der Waals surface area contributed by atoms with E-state index in [1.807, 2.05) is 61.7 Å². The van der Waals surface area contributed by atoms with Crippen LogP contribution in [0.2, 0.25) is 0 Å². The summed E-state index contributed by atoms with van der Waals surface area (Å²) in [5.74, 6) is -0.0311. The standard InChI is InChI=1S/C23H19N4O3S/c1-14-9-10-15(2)18(12-14)27-22(28)16-6-3-4-7-17(16)26(23(27)29)13-20-24-21(25-30-20)19-8-5-11-31-19/h3-12,16H,13H2,1-2H3/q+1. The van der Waals surface area contributed by atoms with E-state index in [-0.39, 0.29) is 12.5 Å². The van der Waals surface area contributed by atoms with Crippen LogP contribution in [0.1, 0.15) is 17.0 Å². The summed E-state index contributed by atoms with van der Waals surface area (Å²) in [5.41, 5.74) is 3.02. The molecule has 1 aliphatic carbocycles. The topological polar surface area (TPSA) is 79.3 Å². The zero-order valence-electron chi connectivity index (χ0n) is 17.0. The van der Waals surface area contributed by atoms with Crippen molar-refractivity contribution in [2.75, 3.05) is 4.90 Å². The summed E-state index contributed by atoms with van der Waals surface area (Å²) in [7, 11) is 0. The molecule has 1 aromatic carbocycles. The van der Waals surface area contributed by atoms with Crippen molar-refractivity contribution in [2.45, 2.75) is 20.4 Å². The number of benzene rings is 1. The number of carbonyl (C=O) groups is 2. The molecular weight excluding hydrogens is 412 g/mol. The van der Waals surface area contributed by atoms with E-state index in [1.54, 1.807) is 16.7 Å². The number of allylic oxidation sites excluding steroid dienone is 3. The van der Waals surface area contributed by atoms with Gasteiger partial charge in [0.05, 0.1) is 4.88 Å². The van der Waals surface area contributed by atoms with Crippen LogP contribution in [0.15, 0.2) is 64.5 Å². The molecule has 0 saturated carbocycles. The van der Waals surface area contributed by atoms with Gasteiger partial charge in [0.15, 0.2) is 6.54 Å². The third-order valence-electron chi connectivity index (χ3n) is 5.33. The van der Waals surface area contributed by atoms with E-state index in [4.69, 9.17) is 4.52 Å². The van der Waals surface area contributed by atoms with Crippen molar-refractivity contribution in [2.24, 2.45) is 5.92 Å². The Morgan fingerprint density at radius 1 is 1.19 bits per heavy atom. The zero-order valence-corrected chi connectivity index (χ0v) is 17.8. The minimum Gasteiger partial charge on any atom is -0.335 e. The molecule has 1 aliphatic heterocycles. The molecule has 1 unspecified atom stereocenters. The number of anilines is 1. The van der Waals surface area contributed by atoms with Crippen molar-refractivity contribution in [3.8, 4) is 10.7 Å². The number of amides is 3.